The van der Waals surface area contributed by atoms with Crippen LogP contribution in [-0.2, 0) is 6.54 Å². The largest absolute Gasteiger partial charge is 0.496 e. The molecular weight excluding hydrogens is 358 g/mol. The zero-order valence-corrected chi connectivity index (χ0v) is 16.5. The molecule has 144 valence electrons. The average molecular weight is 382 g/mol. The zero-order valence-electron chi connectivity index (χ0n) is 16.5. The standard InChI is InChI=1S/C25H23N3O/c1-29-24-11-6-5-10-22(24)23-18-28(25-26-16-7-17-27(23)25)21-14-12-20(13-15-21)19-8-3-2-4-9-19/h2-6,8-15,18H,7,16-17H2,1H3/p+1. The Kier molecular flexibility index (Phi) is 4.53. The van der Waals surface area contributed by atoms with E-state index in [1.165, 1.54) is 11.1 Å². The van der Waals surface area contributed by atoms with Gasteiger partial charge in [0, 0.05) is 6.42 Å². The van der Waals surface area contributed by atoms with Crippen LogP contribution in [0.5, 0.6) is 5.75 Å². The summed E-state index contributed by atoms with van der Waals surface area (Å²) < 4.78 is 10.2. The predicted molar refractivity (Wildman–Crippen MR) is 116 cm³/mol. The van der Waals surface area contributed by atoms with Crippen molar-refractivity contribution in [3.05, 3.63) is 85.1 Å². The van der Waals surface area contributed by atoms with E-state index in [0.717, 1.165) is 48.2 Å². The highest BCUT2D eigenvalue weighted by Crippen LogP contribution is 2.31. The second-order valence-electron chi connectivity index (χ2n) is 7.25. The summed E-state index contributed by atoms with van der Waals surface area (Å²) in [5.74, 6) is 2.01. The van der Waals surface area contributed by atoms with Gasteiger partial charge in [0.2, 0.25) is 0 Å². The Bertz CT molecular complexity index is 1130. The third-order valence-electron chi connectivity index (χ3n) is 5.50. The number of hydrogen-bond acceptors (Lipinski definition) is 2. The molecular formula is C25H24N3O+. The summed E-state index contributed by atoms with van der Waals surface area (Å²) in [6.45, 7) is 1.97. The summed E-state index contributed by atoms with van der Waals surface area (Å²) in [5, 5.41) is 3.59. The molecule has 0 atom stereocenters. The summed E-state index contributed by atoms with van der Waals surface area (Å²) in [7, 11) is 1.73. The second-order valence-corrected chi connectivity index (χ2v) is 7.25. The van der Waals surface area contributed by atoms with Crippen molar-refractivity contribution < 1.29 is 9.30 Å². The van der Waals surface area contributed by atoms with Gasteiger partial charge in [-0.25, -0.2) is 9.13 Å². The first-order chi connectivity index (χ1) is 14.3. The Labute approximate surface area is 171 Å². The van der Waals surface area contributed by atoms with Crippen LogP contribution in [0.3, 0.4) is 0 Å². The number of nitrogens with zero attached hydrogens (tertiary/aromatic N) is 2. The Morgan fingerprint density at radius 2 is 1.59 bits per heavy atom. The van der Waals surface area contributed by atoms with Gasteiger partial charge >= 0.3 is 5.95 Å². The van der Waals surface area contributed by atoms with E-state index in [2.05, 4.69) is 81.3 Å². The minimum absolute atomic E-state index is 0.893. The van der Waals surface area contributed by atoms with Crippen molar-refractivity contribution in [1.29, 1.82) is 0 Å². The number of aromatic nitrogens is 2. The zero-order chi connectivity index (χ0) is 19.6. The molecule has 3 aromatic carbocycles. The molecule has 0 aliphatic carbocycles. The van der Waals surface area contributed by atoms with Crippen LogP contribution < -0.4 is 14.6 Å². The number of methoxy groups -OCH3 is 1. The molecule has 0 saturated carbocycles. The average Bonchev–Trinajstić information content (AvgIpc) is 3.19. The molecule has 1 aliphatic heterocycles. The van der Waals surface area contributed by atoms with Gasteiger partial charge in [0.05, 0.1) is 25.8 Å². The molecule has 0 amide bonds. The third kappa shape index (κ3) is 3.17. The van der Waals surface area contributed by atoms with Crippen LogP contribution in [-0.4, -0.2) is 18.2 Å². The molecule has 0 unspecified atom stereocenters. The fourth-order valence-corrected chi connectivity index (χ4v) is 4.05. The molecule has 1 aliphatic rings. The van der Waals surface area contributed by atoms with E-state index in [4.69, 9.17) is 4.74 Å². The Morgan fingerprint density at radius 3 is 2.38 bits per heavy atom. The first-order valence-corrected chi connectivity index (χ1v) is 10.0. The van der Waals surface area contributed by atoms with Crippen molar-refractivity contribution in [2.24, 2.45) is 0 Å². The monoisotopic (exact) mass is 382 g/mol. The van der Waals surface area contributed by atoms with Gasteiger partial charge in [-0.3, -0.25) is 5.32 Å². The van der Waals surface area contributed by atoms with Gasteiger partial charge in [-0.1, -0.05) is 54.6 Å². The Balaban J connectivity index is 1.60. The van der Waals surface area contributed by atoms with Crippen LogP contribution >= 0.6 is 0 Å². The van der Waals surface area contributed by atoms with Gasteiger partial charge in [-0.05, 0) is 35.4 Å². The molecule has 0 spiro atoms. The topological polar surface area (TPSA) is 30.1 Å². The Morgan fingerprint density at radius 1 is 0.862 bits per heavy atom. The van der Waals surface area contributed by atoms with Gasteiger partial charge in [0.1, 0.15) is 23.3 Å². The van der Waals surface area contributed by atoms with E-state index >= 15 is 0 Å². The molecule has 29 heavy (non-hydrogen) atoms. The SMILES string of the molecule is COc1ccccc1-c1cn(-c2ccc(-c3ccccc3)cc2)c2[n+]1CCCN2. The molecule has 4 heteroatoms. The number of benzene rings is 3. The lowest BCUT2D eigenvalue weighted by Gasteiger charge is -2.14. The fraction of sp³-hybridized carbons (Fsp3) is 0.160. The molecule has 4 nitrogen and oxygen atoms in total. The number of rotatable bonds is 4. The van der Waals surface area contributed by atoms with Crippen LogP contribution in [0.15, 0.2) is 85.1 Å². The van der Waals surface area contributed by atoms with Crippen molar-refractivity contribution in [2.75, 3.05) is 19.0 Å². The lowest BCUT2D eigenvalue weighted by Crippen LogP contribution is -2.43. The van der Waals surface area contributed by atoms with Gasteiger partial charge < -0.3 is 4.74 Å². The number of fused-ring (bicyclic) bond motifs is 1. The fourth-order valence-electron chi connectivity index (χ4n) is 4.05. The minimum atomic E-state index is 0.893. The molecule has 0 radical (unpaired) electrons. The number of nitrogens with one attached hydrogen (secondary N) is 1. The highest BCUT2D eigenvalue weighted by molar-refractivity contribution is 5.67. The number of ether oxygens (including phenoxy) is 1. The van der Waals surface area contributed by atoms with E-state index < -0.39 is 0 Å². The number of imidazole rings is 1. The third-order valence-corrected chi connectivity index (χ3v) is 5.50. The minimum Gasteiger partial charge on any atom is -0.496 e. The highest BCUT2D eigenvalue weighted by Gasteiger charge is 2.28. The second kappa shape index (κ2) is 7.47. The number of para-hydroxylation sites is 1. The molecule has 0 saturated heterocycles. The van der Waals surface area contributed by atoms with Crippen LogP contribution in [0.4, 0.5) is 5.95 Å². The van der Waals surface area contributed by atoms with E-state index in [1.54, 1.807) is 7.11 Å². The maximum Gasteiger partial charge on any atom is 0.362 e. The van der Waals surface area contributed by atoms with Gasteiger partial charge in [-0.15, -0.1) is 0 Å². The predicted octanol–water partition coefficient (Wildman–Crippen LogP) is 4.92. The van der Waals surface area contributed by atoms with Gasteiger partial charge in [0.15, 0.2) is 0 Å². The van der Waals surface area contributed by atoms with Gasteiger partial charge in [0.25, 0.3) is 0 Å². The maximum absolute atomic E-state index is 5.63. The summed E-state index contributed by atoms with van der Waals surface area (Å²) >= 11 is 0. The summed E-state index contributed by atoms with van der Waals surface area (Å²) in [6.07, 6.45) is 3.32. The highest BCUT2D eigenvalue weighted by atomic mass is 16.5. The molecule has 5 rings (SSSR count). The van der Waals surface area contributed by atoms with E-state index in [0.29, 0.717) is 0 Å². The van der Waals surface area contributed by atoms with Crippen molar-refractivity contribution >= 4 is 5.95 Å². The van der Waals surface area contributed by atoms with Crippen LogP contribution in [0, 0.1) is 0 Å². The first-order valence-electron chi connectivity index (χ1n) is 10.0. The quantitative estimate of drug-likeness (QED) is 0.508. The maximum atomic E-state index is 5.63. The van der Waals surface area contributed by atoms with E-state index in [-0.39, 0.29) is 0 Å². The summed E-state index contributed by atoms with van der Waals surface area (Å²) in [6, 6.07) is 27.4. The number of anilines is 1. The van der Waals surface area contributed by atoms with E-state index in [9.17, 15) is 0 Å². The molecule has 1 N–H and O–H groups in total. The van der Waals surface area contributed by atoms with Crippen molar-refractivity contribution in [2.45, 2.75) is 13.0 Å². The smallest absolute Gasteiger partial charge is 0.362 e. The van der Waals surface area contributed by atoms with Crippen molar-refractivity contribution in [3.63, 3.8) is 0 Å². The van der Waals surface area contributed by atoms with Crippen LogP contribution in [0.1, 0.15) is 6.42 Å². The summed E-state index contributed by atoms with van der Waals surface area (Å²) in [5.41, 5.74) is 5.87. The van der Waals surface area contributed by atoms with Crippen LogP contribution in [0.25, 0.3) is 28.1 Å². The molecule has 0 fully saturated rings. The van der Waals surface area contributed by atoms with Gasteiger partial charge in [-0.2, -0.15) is 0 Å². The van der Waals surface area contributed by atoms with Crippen molar-refractivity contribution in [1.82, 2.24) is 4.57 Å². The molecule has 2 heterocycles. The first kappa shape index (κ1) is 17.6. The molecule has 0 bridgehead atoms. The number of hydrogen-bond donors (Lipinski definition) is 1. The lowest BCUT2D eigenvalue weighted by molar-refractivity contribution is -0.675. The molecule has 1 aromatic heterocycles. The Hall–Kier alpha value is -3.53. The van der Waals surface area contributed by atoms with E-state index in [1.807, 2.05) is 18.2 Å². The van der Waals surface area contributed by atoms with Crippen LogP contribution in [0.2, 0.25) is 0 Å². The normalized spacial score (nSPS) is 12.9. The molecule has 4 aromatic rings. The van der Waals surface area contributed by atoms with Crippen molar-refractivity contribution in [3.8, 4) is 33.8 Å². The summed E-state index contributed by atoms with van der Waals surface area (Å²) in [4.78, 5) is 0. The lowest BCUT2D eigenvalue weighted by atomic mass is 10.1.